The van der Waals surface area contributed by atoms with Gasteiger partial charge in [0, 0.05) is 10.6 Å². The van der Waals surface area contributed by atoms with Crippen molar-refractivity contribution < 1.29 is 34.1 Å². The Morgan fingerprint density at radius 3 is 2.32 bits per heavy atom. The van der Waals surface area contributed by atoms with E-state index in [0.29, 0.717) is 22.1 Å². The Labute approximate surface area is 226 Å². The van der Waals surface area contributed by atoms with Gasteiger partial charge < -0.3 is 19.7 Å². The maximum absolute atomic E-state index is 13.2. The molecule has 8 nitrogen and oxygen atoms in total. The molecule has 11 heteroatoms. The summed E-state index contributed by atoms with van der Waals surface area (Å²) < 4.78 is 11.5. The van der Waals surface area contributed by atoms with E-state index in [0.717, 1.165) is 28.3 Å². The molecule has 2 N–H and O–H groups in total. The number of hydrogen-bond acceptors (Lipinski definition) is 7. The van der Waals surface area contributed by atoms with Crippen molar-refractivity contribution in [1.29, 1.82) is 0 Å². The highest BCUT2D eigenvalue weighted by atomic mass is 35.5. The molecule has 0 aromatic heterocycles. The molecule has 0 saturated carbocycles. The molecule has 3 aromatic rings. The number of carboxylic acids is 2. The molecular weight excluding hydrogens is 538 g/mol. The quantitative estimate of drug-likeness (QED) is 0.266. The average Bonchev–Trinajstić information content (AvgIpc) is 3.15. The maximum atomic E-state index is 13.2. The Bertz CT molecular complexity index is 1440. The Kier molecular flexibility index (Phi) is 7.82. The lowest BCUT2D eigenvalue weighted by Crippen LogP contribution is -2.28. The van der Waals surface area contributed by atoms with Crippen molar-refractivity contribution in [2.45, 2.75) is 6.61 Å². The molecule has 188 valence electrons. The first kappa shape index (κ1) is 26.2. The Morgan fingerprint density at radius 2 is 1.70 bits per heavy atom. The van der Waals surface area contributed by atoms with Crippen LogP contribution in [0, 0.1) is 0 Å². The first-order chi connectivity index (χ1) is 17.7. The van der Waals surface area contributed by atoms with Crippen LogP contribution >= 0.6 is 35.6 Å². The number of ether oxygens (including phenoxy) is 2. The number of anilines is 1. The summed E-state index contributed by atoms with van der Waals surface area (Å²) in [5.41, 5.74) is 0.962. The van der Waals surface area contributed by atoms with Crippen molar-refractivity contribution in [3.8, 4) is 11.5 Å². The Morgan fingerprint density at radius 1 is 1.03 bits per heavy atom. The average molecular weight is 556 g/mol. The molecule has 1 aliphatic heterocycles. The zero-order valence-corrected chi connectivity index (χ0v) is 21.5. The zero-order valence-electron chi connectivity index (χ0n) is 19.1. The number of thioether (sulfide) groups is 1. The highest BCUT2D eigenvalue weighted by Crippen LogP contribution is 2.38. The van der Waals surface area contributed by atoms with Gasteiger partial charge in [0.05, 0.1) is 28.8 Å². The van der Waals surface area contributed by atoms with E-state index < -0.39 is 17.8 Å². The molecule has 37 heavy (non-hydrogen) atoms. The standard InChI is InChI=1S/C26H18ClNO7S2/c1-34-21-8-14(6-7-20(21)35-13-15-4-2-3-5-19(15)27)9-22-23(29)28(26(36)37-22)18-11-16(24(30)31)10-17(12-18)25(32)33/h2-12H,13H2,1H3,(H,30,31)(H,32,33)/b22-9-. The van der Waals surface area contributed by atoms with E-state index in [9.17, 15) is 24.6 Å². The lowest BCUT2D eigenvalue weighted by Gasteiger charge is -2.16. The van der Waals surface area contributed by atoms with Crippen LogP contribution in [0.15, 0.2) is 65.6 Å². The van der Waals surface area contributed by atoms with Crippen molar-refractivity contribution in [1.82, 2.24) is 0 Å². The highest BCUT2D eigenvalue weighted by Gasteiger charge is 2.34. The van der Waals surface area contributed by atoms with Crippen LogP contribution in [0.5, 0.6) is 11.5 Å². The zero-order chi connectivity index (χ0) is 26.7. The molecule has 4 rings (SSSR count). The summed E-state index contributed by atoms with van der Waals surface area (Å²) in [5, 5.41) is 19.3. The summed E-state index contributed by atoms with van der Waals surface area (Å²) in [6, 6.07) is 15.9. The predicted octanol–water partition coefficient (Wildman–Crippen LogP) is 5.73. The summed E-state index contributed by atoms with van der Waals surface area (Å²) in [6.07, 6.45) is 1.61. The van der Waals surface area contributed by atoms with E-state index in [1.54, 1.807) is 30.3 Å². The minimum Gasteiger partial charge on any atom is -0.493 e. The van der Waals surface area contributed by atoms with E-state index in [2.05, 4.69) is 0 Å². The summed E-state index contributed by atoms with van der Waals surface area (Å²) in [7, 11) is 1.50. The molecular formula is C26H18ClNO7S2. The first-order valence-electron chi connectivity index (χ1n) is 10.6. The maximum Gasteiger partial charge on any atom is 0.335 e. The largest absolute Gasteiger partial charge is 0.493 e. The van der Waals surface area contributed by atoms with Gasteiger partial charge in [-0.1, -0.05) is 59.8 Å². The summed E-state index contributed by atoms with van der Waals surface area (Å²) in [6.45, 7) is 0.238. The molecule has 3 aromatic carbocycles. The van der Waals surface area contributed by atoms with Gasteiger partial charge in [0.25, 0.3) is 5.91 Å². The number of carboxylic acid groups (broad SMARTS) is 2. The molecule has 1 amide bonds. The number of aromatic carboxylic acids is 2. The third-order valence-electron chi connectivity index (χ3n) is 5.29. The van der Waals surface area contributed by atoms with Gasteiger partial charge >= 0.3 is 11.9 Å². The van der Waals surface area contributed by atoms with Crippen LogP contribution in [0.4, 0.5) is 5.69 Å². The minimum absolute atomic E-state index is 0.0594. The third-order valence-corrected chi connectivity index (χ3v) is 6.96. The van der Waals surface area contributed by atoms with Gasteiger partial charge in [-0.25, -0.2) is 9.59 Å². The molecule has 0 bridgehead atoms. The number of nitrogens with zero attached hydrogens (tertiary/aromatic N) is 1. The molecule has 1 fully saturated rings. The van der Waals surface area contributed by atoms with Crippen molar-refractivity contribution in [3.05, 3.63) is 92.8 Å². The second kappa shape index (κ2) is 11.0. The second-order valence-electron chi connectivity index (χ2n) is 7.69. The number of amides is 1. The fourth-order valence-corrected chi connectivity index (χ4v) is 4.98. The van der Waals surface area contributed by atoms with Gasteiger partial charge in [0.1, 0.15) is 6.61 Å². The van der Waals surface area contributed by atoms with Crippen molar-refractivity contribution in [2.24, 2.45) is 0 Å². The number of halogens is 1. The lowest BCUT2D eigenvalue weighted by molar-refractivity contribution is -0.113. The normalized spacial score (nSPS) is 14.2. The van der Waals surface area contributed by atoms with Crippen molar-refractivity contribution >= 4 is 69.5 Å². The van der Waals surface area contributed by atoms with E-state index in [4.69, 9.17) is 33.3 Å². The van der Waals surface area contributed by atoms with Gasteiger partial charge in [-0.15, -0.1) is 0 Å². The lowest BCUT2D eigenvalue weighted by atomic mass is 10.1. The summed E-state index contributed by atoms with van der Waals surface area (Å²) in [4.78, 5) is 37.5. The molecule has 0 atom stereocenters. The van der Waals surface area contributed by atoms with Crippen LogP contribution < -0.4 is 14.4 Å². The van der Waals surface area contributed by atoms with Crippen LogP contribution in [0.2, 0.25) is 5.02 Å². The highest BCUT2D eigenvalue weighted by molar-refractivity contribution is 8.27. The summed E-state index contributed by atoms with van der Waals surface area (Å²) in [5.74, 6) is -2.23. The molecule has 0 spiro atoms. The van der Waals surface area contributed by atoms with Crippen molar-refractivity contribution in [2.75, 3.05) is 12.0 Å². The number of carbonyl (C=O) groups excluding carboxylic acids is 1. The molecule has 0 unspecified atom stereocenters. The molecule has 1 heterocycles. The number of hydrogen-bond donors (Lipinski definition) is 2. The van der Waals surface area contributed by atoms with Gasteiger partial charge in [-0.05, 0) is 48.0 Å². The predicted molar refractivity (Wildman–Crippen MR) is 145 cm³/mol. The van der Waals surface area contributed by atoms with Crippen molar-refractivity contribution in [3.63, 3.8) is 0 Å². The van der Waals surface area contributed by atoms with Crippen LogP contribution in [0.25, 0.3) is 6.08 Å². The smallest absolute Gasteiger partial charge is 0.335 e. The van der Waals surface area contributed by atoms with Gasteiger partial charge in [0.15, 0.2) is 15.8 Å². The van der Waals surface area contributed by atoms with Gasteiger partial charge in [-0.3, -0.25) is 9.69 Å². The minimum atomic E-state index is -1.32. The van der Waals surface area contributed by atoms with Crippen LogP contribution in [0.1, 0.15) is 31.8 Å². The number of thiocarbonyl (C=S) groups is 1. The number of benzene rings is 3. The number of methoxy groups -OCH3 is 1. The molecule has 1 saturated heterocycles. The Balaban J connectivity index is 1.59. The van der Waals surface area contributed by atoms with Crippen LogP contribution in [-0.2, 0) is 11.4 Å². The topological polar surface area (TPSA) is 113 Å². The third kappa shape index (κ3) is 5.77. The number of rotatable bonds is 8. The SMILES string of the molecule is COc1cc(/C=C2\SC(=S)N(c3cc(C(=O)O)cc(C(=O)O)c3)C2=O)ccc1OCc1ccccc1Cl. The monoisotopic (exact) mass is 555 g/mol. The van der Waals surface area contributed by atoms with Gasteiger partial charge in [0.2, 0.25) is 0 Å². The van der Waals surface area contributed by atoms with Crippen LogP contribution in [0.3, 0.4) is 0 Å². The van der Waals surface area contributed by atoms with Gasteiger partial charge in [-0.2, -0.15) is 0 Å². The summed E-state index contributed by atoms with van der Waals surface area (Å²) >= 11 is 12.6. The van der Waals surface area contributed by atoms with E-state index in [-0.39, 0.29) is 32.6 Å². The fraction of sp³-hybridized carbons (Fsp3) is 0.0769. The number of carbonyl (C=O) groups is 3. The second-order valence-corrected chi connectivity index (χ2v) is 9.77. The first-order valence-corrected chi connectivity index (χ1v) is 12.2. The molecule has 0 aliphatic carbocycles. The fourth-order valence-electron chi connectivity index (χ4n) is 3.49. The molecule has 1 aliphatic rings. The van der Waals surface area contributed by atoms with Crippen LogP contribution in [-0.4, -0.2) is 39.5 Å². The molecule has 0 radical (unpaired) electrons. The van der Waals surface area contributed by atoms with E-state index in [1.165, 1.54) is 19.2 Å². The Hall–Kier alpha value is -3.86. The van der Waals surface area contributed by atoms with E-state index in [1.807, 2.05) is 18.2 Å². The van der Waals surface area contributed by atoms with E-state index >= 15 is 0 Å².